The Morgan fingerprint density at radius 3 is 2.68 bits per heavy atom. The fraction of sp³-hybridized carbons (Fsp3) is 0.333. The van der Waals surface area contributed by atoms with E-state index in [0.717, 1.165) is 36.2 Å². The van der Waals surface area contributed by atoms with Gasteiger partial charge in [0.15, 0.2) is 0 Å². The zero-order chi connectivity index (χ0) is 19.7. The van der Waals surface area contributed by atoms with Gasteiger partial charge in [-0.25, -0.2) is 4.98 Å². The first-order valence-electron chi connectivity index (χ1n) is 9.48. The van der Waals surface area contributed by atoms with Crippen molar-refractivity contribution in [3.63, 3.8) is 0 Å². The minimum absolute atomic E-state index is 0.0526. The van der Waals surface area contributed by atoms with Gasteiger partial charge in [-0.2, -0.15) is 0 Å². The van der Waals surface area contributed by atoms with Gasteiger partial charge in [-0.05, 0) is 43.9 Å². The number of hydrogen-bond donors (Lipinski definition) is 0. The average molecular weight is 378 g/mol. The third-order valence-electron chi connectivity index (χ3n) is 5.49. The van der Waals surface area contributed by atoms with Crippen LogP contribution in [0.15, 0.2) is 48.5 Å². The molecule has 0 spiro atoms. The summed E-state index contributed by atoms with van der Waals surface area (Å²) in [6, 6.07) is 14.1. The number of carbonyl (C=O) groups is 1. The van der Waals surface area contributed by atoms with Crippen molar-refractivity contribution < 1.29 is 9.72 Å². The summed E-state index contributed by atoms with van der Waals surface area (Å²) >= 11 is 0. The molecule has 0 N–H and O–H groups in total. The first-order chi connectivity index (χ1) is 13.5. The van der Waals surface area contributed by atoms with Crippen LogP contribution in [-0.2, 0) is 6.54 Å². The molecule has 0 radical (unpaired) electrons. The summed E-state index contributed by atoms with van der Waals surface area (Å²) in [5.74, 6) is 1.35. The second kappa shape index (κ2) is 7.42. The molecular formula is C21H22N4O3. The number of imidazole rings is 1. The summed E-state index contributed by atoms with van der Waals surface area (Å²) < 4.78 is 2.26. The standard InChI is InChI=1S/C21H22N4O3/c1-15-22-19-7-2-3-8-20(19)24(15)14-16-9-11-23(12-10-16)21(26)17-5-4-6-18(13-17)25(27)28/h2-8,13,16H,9-12,14H2,1H3. The van der Waals surface area contributed by atoms with Crippen LogP contribution in [0, 0.1) is 23.0 Å². The lowest BCUT2D eigenvalue weighted by molar-refractivity contribution is -0.384. The number of likely N-dealkylation sites (tertiary alicyclic amines) is 1. The number of benzene rings is 2. The fourth-order valence-electron chi connectivity index (χ4n) is 3.94. The van der Waals surface area contributed by atoms with E-state index in [-0.39, 0.29) is 11.6 Å². The summed E-state index contributed by atoms with van der Waals surface area (Å²) in [5, 5.41) is 10.9. The van der Waals surface area contributed by atoms with Crippen LogP contribution >= 0.6 is 0 Å². The van der Waals surface area contributed by atoms with Crippen molar-refractivity contribution in [3.8, 4) is 0 Å². The molecule has 0 atom stereocenters. The molecule has 7 nitrogen and oxygen atoms in total. The van der Waals surface area contributed by atoms with E-state index in [1.807, 2.05) is 25.1 Å². The molecule has 2 heterocycles. The number of non-ortho nitro benzene ring substituents is 1. The molecule has 3 aromatic rings. The second-order valence-electron chi connectivity index (χ2n) is 7.30. The summed E-state index contributed by atoms with van der Waals surface area (Å²) in [5.41, 5.74) is 2.49. The van der Waals surface area contributed by atoms with E-state index >= 15 is 0 Å². The lowest BCUT2D eigenvalue weighted by atomic mass is 9.96. The highest BCUT2D eigenvalue weighted by Crippen LogP contribution is 2.25. The molecule has 144 valence electrons. The Labute approximate surface area is 162 Å². The van der Waals surface area contributed by atoms with Gasteiger partial charge in [0.2, 0.25) is 0 Å². The summed E-state index contributed by atoms with van der Waals surface area (Å²) in [4.78, 5) is 29.6. The molecule has 1 fully saturated rings. The van der Waals surface area contributed by atoms with Crippen molar-refractivity contribution in [2.45, 2.75) is 26.3 Å². The Morgan fingerprint density at radius 1 is 1.18 bits per heavy atom. The van der Waals surface area contributed by atoms with Crippen LogP contribution in [0.4, 0.5) is 5.69 Å². The fourth-order valence-corrected chi connectivity index (χ4v) is 3.94. The molecule has 1 aliphatic heterocycles. The number of amides is 1. The summed E-state index contributed by atoms with van der Waals surface area (Å²) in [6.45, 7) is 4.25. The summed E-state index contributed by atoms with van der Waals surface area (Å²) in [7, 11) is 0. The van der Waals surface area contributed by atoms with Crippen molar-refractivity contribution in [2.24, 2.45) is 5.92 Å². The third kappa shape index (κ3) is 3.47. The van der Waals surface area contributed by atoms with Gasteiger partial charge < -0.3 is 9.47 Å². The number of aryl methyl sites for hydroxylation is 1. The molecule has 0 saturated carbocycles. The van der Waals surface area contributed by atoms with E-state index in [9.17, 15) is 14.9 Å². The topological polar surface area (TPSA) is 81.3 Å². The molecule has 1 aromatic heterocycles. The quantitative estimate of drug-likeness (QED) is 0.511. The summed E-state index contributed by atoms with van der Waals surface area (Å²) in [6.07, 6.45) is 1.82. The van der Waals surface area contributed by atoms with E-state index in [0.29, 0.717) is 24.6 Å². The predicted octanol–water partition coefficient (Wildman–Crippen LogP) is 3.81. The minimum atomic E-state index is -0.471. The van der Waals surface area contributed by atoms with E-state index in [1.54, 1.807) is 17.0 Å². The Bertz CT molecular complexity index is 1040. The second-order valence-corrected chi connectivity index (χ2v) is 7.30. The molecule has 4 rings (SSSR count). The lowest BCUT2D eigenvalue weighted by Crippen LogP contribution is -2.39. The highest BCUT2D eigenvalue weighted by Gasteiger charge is 2.25. The molecule has 1 aliphatic rings. The van der Waals surface area contributed by atoms with Crippen molar-refractivity contribution >= 4 is 22.6 Å². The largest absolute Gasteiger partial charge is 0.339 e. The van der Waals surface area contributed by atoms with Crippen LogP contribution in [0.3, 0.4) is 0 Å². The first kappa shape index (κ1) is 18.2. The Morgan fingerprint density at radius 2 is 1.93 bits per heavy atom. The van der Waals surface area contributed by atoms with Crippen LogP contribution in [-0.4, -0.2) is 38.4 Å². The van der Waals surface area contributed by atoms with E-state index in [4.69, 9.17) is 0 Å². The van der Waals surface area contributed by atoms with Crippen molar-refractivity contribution in [1.82, 2.24) is 14.5 Å². The number of nitro groups is 1. The van der Waals surface area contributed by atoms with E-state index in [2.05, 4.69) is 15.6 Å². The van der Waals surface area contributed by atoms with Crippen LogP contribution in [0.1, 0.15) is 29.0 Å². The monoisotopic (exact) mass is 378 g/mol. The molecule has 7 heteroatoms. The van der Waals surface area contributed by atoms with Crippen molar-refractivity contribution in [3.05, 3.63) is 70.0 Å². The van der Waals surface area contributed by atoms with Crippen LogP contribution < -0.4 is 0 Å². The highest BCUT2D eigenvalue weighted by molar-refractivity contribution is 5.94. The zero-order valence-corrected chi connectivity index (χ0v) is 15.7. The van der Waals surface area contributed by atoms with Gasteiger partial charge in [0.1, 0.15) is 5.82 Å². The molecule has 1 saturated heterocycles. The molecule has 0 aliphatic carbocycles. The van der Waals surface area contributed by atoms with E-state index in [1.165, 1.54) is 12.1 Å². The first-order valence-corrected chi connectivity index (χ1v) is 9.48. The molecular weight excluding hydrogens is 356 g/mol. The van der Waals surface area contributed by atoms with E-state index < -0.39 is 4.92 Å². The van der Waals surface area contributed by atoms with Crippen LogP contribution in [0.25, 0.3) is 11.0 Å². The Hall–Kier alpha value is -3.22. The molecule has 0 bridgehead atoms. The number of aromatic nitrogens is 2. The van der Waals surface area contributed by atoms with Gasteiger partial charge in [-0.1, -0.05) is 18.2 Å². The van der Waals surface area contributed by atoms with Crippen LogP contribution in [0.5, 0.6) is 0 Å². The Kier molecular flexibility index (Phi) is 4.81. The zero-order valence-electron chi connectivity index (χ0n) is 15.7. The maximum absolute atomic E-state index is 12.7. The highest BCUT2D eigenvalue weighted by atomic mass is 16.6. The maximum atomic E-state index is 12.7. The van der Waals surface area contributed by atoms with Gasteiger partial charge >= 0.3 is 0 Å². The van der Waals surface area contributed by atoms with Crippen molar-refractivity contribution in [1.29, 1.82) is 0 Å². The minimum Gasteiger partial charge on any atom is -0.339 e. The molecule has 1 amide bonds. The molecule has 28 heavy (non-hydrogen) atoms. The lowest BCUT2D eigenvalue weighted by Gasteiger charge is -2.32. The van der Waals surface area contributed by atoms with Gasteiger partial charge in [0.05, 0.1) is 16.0 Å². The maximum Gasteiger partial charge on any atom is 0.270 e. The van der Waals surface area contributed by atoms with Crippen molar-refractivity contribution in [2.75, 3.05) is 13.1 Å². The SMILES string of the molecule is Cc1nc2ccccc2n1CC1CCN(C(=O)c2cccc([N+](=O)[O-])c2)CC1. The van der Waals surface area contributed by atoms with Gasteiger partial charge in [0.25, 0.3) is 11.6 Å². The van der Waals surface area contributed by atoms with Gasteiger partial charge in [-0.3, -0.25) is 14.9 Å². The number of carbonyl (C=O) groups excluding carboxylic acids is 1. The number of piperidine rings is 1. The Balaban J connectivity index is 1.42. The van der Waals surface area contributed by atoms with Gasteiger partial charge in [-0.15, -0.1) is 0 Å². The number of rotatable bonds is 4. The van der Waals surface area contributed by atoms with Crippen LogP contribution in [0.2, 0.25) is 0 Å². The number of hydrogen-bond acceptors (Lipinski definition) is 4. The number of para-hydroxylation sites is 2. The third-order valence-corrected chi connectivity index (χ3v) is 5.49. The molecule has 2 aromatic carbocycles. The predicted molar refractivity (Wildman–Crippen MR) is 106 cm³/mol. The molecule has 0 unspecified atom stereocenters. The normalized spacial score (nSPS) is 15.1. The average Bonchev–Trinajstić information content (AvgIpc) is 3.03. The smallest absolute Gasteiger partial charge is 0.270 e. The number of nitro benzene ring substituents is 1. The number of nitrogens with zero attached hydrogens (tertiary/aromatic N) is 4. The van der Waals surface area contributed by atoms with Gasteiger partial charge in [0, 0.05) is 37.3 Å². The number of fused-ring (bicyclic) bond motifs is 1.